The third-order valence-corrected chi connectivity index (χ3v) is 5.93. The summed E-state index contributed by atoms with van der Waals surface area (Å²) in [5, 5.41) is 10.5. The molecule has 0 amide bonds. The first kappa shape index (κ1) is 20.8. The number of carboxylic acid groups (broad SMARTS) is 1. The maximum absolute atomic E-state index is 12.3. The molecule has 152 valence electrons. The largest absolute Gasteiger partial charge is 0.481 e. The minimum atomic E-state index is -3.37. The molecular weight excluding hydrogens is 390 g/mol. The van der Waals surface area contributed by atoms with E-state index in [2.05, 4.69) is 4.72 Å². The maximum atomic E-state index is 12.3. The van der Waals surface area contributed by atoms with Gasteiger partial charge in [-0.1, -0.05) is 60.7 Å². The lowest BCUT2D eigenvalue weighted by Crippen LogP contribution is -2.29. The van der Waals surface area contributed by atoms with Crippen LogP contribution in [0.4, 0.5) is 0 Å². The first-order valence-electron chi connectivity index (χ1n) is 9.31. The molecular formula is C22H23NO5S. The second kappa shape index (κ2) is 9.54. The minimum absolute atomic E-state index is 0.0414. The lowest BCUT2D eigenvalue weighted by atomic mass is 10.0. The molecule has 0 bridgehead atoms. The van der Waals surface area contributed by atoms with E-state index in [-0.39, 0.29) is 12.3 Å². The molecule has 0 aliphatic carbocycles. The molecule has 0 atom stereocenters. The van der Waals surface area contributed by atoms with Crippen LogP contribution >= 0.6 is 0 Å². The molecule has 0 fully saturated rings. The molecule has 0 saturated carbocycles. The van der Waals surface area contributed by atoms with Crippen molar-refractivity contribution >= 4 is 26.8 Å². The maximum Gasteiger partial charge on any atom is 0.341 e. The van der Waals surface area contributed by atoms with Crippen LogP contribution in [0.3, 0.4) is 0 Å². The van der Waals surface area contributed by atoms with Crippen molar-refractivity contribution in [3.8, 4) is 5.75 Å². The van der Waals surface area contributed by atoms with Gasteiger partial charge in [0.15, 0.2) is 6.61 Å². The van der Waals surface area contributed by atoms with E-state index in [1.54, 1.807) is 12.1 Å². The summed E-state index contributed by atoms with van der Waals surface area (Å²) >= 11 is 0. The fourth-order valence-corrected chi connectivity index (χ4v) is 4.20. The molecule has 0 radical (unpaired) electrons. The number of hydrogen-bond donors (Lipinski definition) is 2. The molecule has 2 N–H and O–H groups in total. The standard InChI is InChI=1S/C22H23NO5S/c24-22(25)16-28-21-11-5-9-19-18(8-4-10-20(19)21)12-14-23-29(26,27)15-13-17-6-2-1-3-7-17/h1-11,23H,12-16H2,(H,24,25). The highest BCUT2D eigenvalue weighted by molar-refractivity contribution is 7.89. The van der Waals surface area contributed by atoms with Gasteiger partial charge in [-0.15, -0.1) is 0 Å². The van der Waals surface area contributed by atoms with Crippen molar-refractivity contribution in [1.82, 2.24) is 4.72 Å². The van der Waals surface area contributed by atoms with Crippen LogP contribution in [0.15, 0.2) is 66.7 Å². The van der Waals surface area contributed by atoms with E-state index in [0.717, 1.165) is 21.9 Å². The highest BCUT2D eigenvalue weighted by Gasteiger charge is 2.11. The Morgan fingerprint density at radius 3 is 2.38 bits per heavy atom. The molecule has 0 saturated heterocycles. The fourth-order valence-electron chi connectivity index (χ4n) is 3.14. The SMILES string of the molecule is O=C(O)COc1cccc2c(CCNS(=O)(=O)CCc3ccccc3)cccc12. The lowest BCUT2D eigenvalue weighted by Gasteiger charge is -2.12. The Labute approximate surface area is 170 Å². The number of ether oxygens (including phenoxy) is 1. The van der Waals surface area contributed by atoms with Crippen molar-refractivity contribution < 1.29 is 23.1 Å². The third-order valence-electron chi connectivity index (χ3n) is 4.54. The number of benzene rings is 3. The number of rotatable bonds is 10. The Balaban J connectivity index is 1.63. The van der Waals surface area contributed by atoms with E-state index in [0.29, 0.717) is 18.6 Å². The molecule has 3 aromatic rings. The average Bonchev–Trinajstić information content (AvgIpc) is 2.71. The van der Waals surface area contributed by atoms with Crippen LogP contribution in [-0.2, 0) is 27.7 Å². The number of carbonyl (C=O) groups is 1. The van der Waals surface area contributed by atoms with Crippen LogP contribution in [0.2, 0.25) is 0 Å². The highest BCUT2D eigenvalue weighted by atomic mass is 32.2. The van der Waals surface area contributed by atoms with Crippen LogP contribution in [-0.4, -0.2) is 38.4 Å². The molecule has 7 heteroatoms. The van der Waals surface area contributed by atoms with Crippen LogP contribution in [0.25, 0.3) is 10.8 Å². The van der Waals surface area contributed by atoms with Crippen LogP contribution < -0.4 is 9.46 Å². The number of sulfonamides is 1. The van der Waals surface area contributed by atoms with Crippen LogP contribution in [0, 0.1) is 0 Å². The van der Waals surface area contributed by atoms with Crippen molar-refractivity contribution in [3.63, 3.8) is 0 Å². The molecule has 29 heavy (non-hydrogen) atoms. The molecule has 3 aromatic carbocycles. The van der Waals surface area contributed by atoms with Crippen molar-refractivity contribution in [3.05, 3.63) is 77.9 Å². The zero-order valence-electron chi connectivity index (χ0n) is 15.9. The minimum Gasteiger partial charge on any atom is -0.481 e. The molecule has 6 nitrogen and oxygen atoms in total. The molecule has 0 unspecified atom stereocenters. The zero-order valence-corrected chi connectivity index (χ0v) is 16.7. The summed E-state index contributed by atoms with van der Waals surface area (Å²) in [4.78, 5) is 10.8. The fraction of sp³-hybridized carbons (Fsp3) is 0.227. The van der Waals surface area contributed by atoms with Gasteiger partial charge in [-0.05, 0) is 35.4 Å². The van der Waals surface area contributed by atoms with Gasteiger partial charge in [-0.25, -0.2) is 17.9 Å². The first-order chi connectivity index (χ1) is 13.9. The van der Waals surface area contributed by atoms with Crippen LogP contribution in [0.1, 0.15) is 11.1 Å². The normalized spacial score (nSPS) is 11.4. The quantitative estimate of drug-likeness (QED) is 0.533. The van der Waals surface area contributed by atoms with Gasteiger partial charge in [0.05, 0.1) is 5.75 Å². The van der Waals surface area contributed by atoms with Gasteiger partial charge < -0.3 is 9.84 Å². The number of aryl methyl sites for hydroxylation is 1. The number of nitrogens with one attached hydrogen (secondary N) is 1. The number of aliphatic carboxylic acids is 1. The summed E-state index contributed by atoms with van der Waals surface area (Å²) in [5.41, 5.74) is 1.95. The topological polar surface area (TPSA) is 92.7 Å². The molecule has 0 heterocycles. The van der Waals surface area contributed by atoms with Crippen molar-refractivity contribution in [2.75, 3.05) is 18.9 Å². The Morgan fingerprint density at radius 2 is 1.62 bits per heavy atom. The van der Waals surface area contributed by atoms with E-state index < -0.39 is 22.6 Å². The van der Waals surface area contributed by atoms with Gasteiger partial charge in [0, 0.05) is 11.9 Å². The summed E-state index contributed by atoms with van der Waals surface area (Å²) in [7, 11) is -3.37. The Hall–Kier alpha value is -2.90. The summed E-state index contributed by atoms with van der Waals surface area (Å²) in [6.45, 7) is -0.124. The lowest BCUT2D eigenvalue weighted by molar-refractivity contribution is -0.139. The summed E-state index contributed by atoms with van der Waals surface area (Å²) in [6, 6.07) is 20.6. The van der Waals surface area contributed by atoms with Gasteiger partial charge >= 0.3 is 5.97 Å². The summed E-state index contributed by atoms with van der Waals surface area (Å²) in [5.74, 6) is -0.502. The van der Waals surface area contributed by atoms with Crippen molar-refractivity contribution in [2.45, 2.75) is 12.8 Å². The van der Waals surface area contributed by atoms with Gasteiger partial charge in [0.1, 0.15) is 5.75 Å². The van der Waals surface area contributed by atoms with Crippen molar-refractivity contribution in [2.24, 2.45) is 0 Å². The van der Waals surface area contributed by atoms with Gasteiger partial charge in [0.2, 0.25) is 10.0 Å². The summed E-state index contributed by atoms with van der Waals surface area (Å²) < 4.78 is 32.6. The smallest absolute Gasteiger partial charge is 0.341 e. The predicted octanol–water partition coefficient (Wildman–Crippen LogP) is 3.01. The highest BCUT2D eigenvalue weighted by Crippen LogP contribution is 2.28. The van der Waals surface area contributed by atoms with E-state index in [9.17, 15) is 13.2 Å². The molecule has 3 rings (SSSR count). The summed E-state index contributed by atoms with van der Waals surface area (Å²) in [6.07, 6.45) is 0.985. The number of hydrogen-bond acceptors (Lipinski definition) is 4. The molecule has 0 spiro atoms. The van der Waals surface area contributed by atoms with E-state index >= 15 is 0 Å². The molecule has 0 aromatic heterocycles. The third kappa shape index (κ3) is 6.04. The van der Waals surface area contributed by atoms with E-state index in [1.165, 1.54) is 0 Å². The van der Waals surface area contributed by atoms with E-state index in [1.807, 2.05) is 54.6 Å². The van der Waals surface area contributed by atoms with Gasteiger partial charge in [-0.3, -0.25) is 0 Å². The monoisotopic (exact) mass is 413 g/mol. The first-order valence-corrected chi connectivity index (χ1v) is 11.0. The Bertz CT molecular complexity index is 1080. The zero-order chi connectivity index (χ0) is 20.7. The Morgan fingerprint density at radius 1 is 0.897 bits per heavy atom. The second-order valence-corrected chi connectivity index (χ2v) is 8.58. The van der Waals surface area contributed by atoms with Crippen LogP contribution in [0.5, 0.6) is 5.75 Å². The number of fused-ring (bicyclic) bond motifs is 1. The average molecular weight is 413 g/mol. The molecule has 0 aliphatic heterocycles. The molecule has 0 aliphatic rings. The Kier molecular flexibility index (Phi) is 6.85. The van der Waals surface area contributed by atoms with Gasteiger partial charge in [0.25, 0.3) is 0 Å². The predicted molar refractivity (Wildman–Crippen MR) is 113 cm³/mol. The number of carboxylic acids is 1. The van der Waals surface area contributed by atoms with Gasteiger partial charge in [-0.2, -0.15) is 0 Å². The second-order valence-electron chi connectivity index (χ2n) is 6.65. The van der Waals surface area contributed by atoms with Crippen molar-refractivity contribution in [1.29, 1.82) is 0 Å². The van der Waals surface area contributed by atoms with E-state index in [4.69, 9.17) is 9.84 Å².